The number of alkyl halides is 3. The van der Waals surface area contributed by atoms with Crippen LogP contribution in [0.15, 0.2) is 64.2 Å². The van der Waals surface area contributed by atoms with E-state index in [1.165, 1.54) is 42.2 Å². The Morgan fingerprint density at radius 2 is 1.87 bits per heavy atom. The molecule has 0 spiro atoms. The molecule has 240 valence electrons. The highest BCUT2D eigenvalue weighted by Crippen LogP contribution is 2.33. The van der Waals surface area contributed by atoms with Gasteiger partial charge >= 0.3 is 6.18 Å². The van der Waals surface area contributed by atoms with Crippen molar-refractivity contribution >= 4 is 38.1 Å². The zero-order valence-corrected chi connectivity index (χ0v) is 25.9. The molecule has 1 aliphatic rings. The van der Waals surface area contributed by atoms with Crippen molar-refractivity contribution in [2.24, 2.45) is 0 Å². The summed E-state index contributed by atoms with van der Waals surface area (Å²) in [7, 11) is 1.60. The highest BCUT2D eigenvalue weighted by atomic mass is 32.2. The molecule has 0 radical (unpaired) electrons. The van der Waals surface area contributed by atoms with Crippen LogP contribution in [0.4, 0.5) is 30.4 Å². The molecule has 45 heavy (non-hydrogen) atoms. The van der Waals surface area contributed by atoms with Gasteiger partial charge in [-0.2, -0.15) is 13.2 Å². The van der Waals surface area contributed by atoms with Crippen LogP contribution in [-0.4, -0.2) is 69.1 Å². The largest absolute Gasteiger partial charge is 0.495 e. The summed E-state index contributed by atoms with van der Waals surface area (Å²) in [5, 5.41) is 10.9. The number of halogens is 3. The normalized spacial score (nSPS) is 17.1. The average molecular weight is 645 g/mol. The average Bonchev–Trinajstić information content (AvgIpc) is 3.62. The monoisotopic (exact) mass is 644 g/mol. The summed E-state index contributed by atoms with van der Waals surface area (Å²) in [6.45, 7) is -1.11. The van der Waals surface area contributed by atoms with E-state index in [0.29, 0.717) is 22.6 Å². The number of ether oxygens (including phenoxy) is 1. The van der Waals surface area contributed by atoms with E-state index < -0.39 is 22.7 Å². The van der Waals surface area contributed by atoms with Gasteiger partial charge in [-0.25, -0.2) is 8.42 Å². The van der Waals surface area contributed by atoms with Gasteiger partial charge in [0.15, 0.2) is 5.82 Å². The summed E-state index contributed by atoms with van der Waals surface area (Å²) in [4.78, 5) is 2.18. The van der Waals surface area contributed by atoms with Gasteiger partial charge in [-0.05, 0) is 76.0 Å². The minimum absolute atomic E-state index is 0.0319. The second-order valence-corrected chi connectivity index (χ2v) is 12.8. The molecule has 0 atom stereocenters. The molecule has 0 bridgehead atoms. The molecule has 0 amide bonds. The number of hydrogen-bond acceptors (Lipinski definition) is 8. The van der Waals surface area contributed by atoms with Gasteiger partial charge in [0.25, 0.3) is 10.0 Å². The van der Waals surface area contributed by atoms with E-state index in [-0.39, 0.29) is 34.7 Å². The second-order valence-electron chi connectivity index (χ2n) is 11.1. The summed E-state index contributed by atoms with van der Waals surface area (Å²) in [6, 6.07) is 13.4. The molecule has 2 heterocycles. The minimum atomic E-state index is -4.44. The van der Waals surface area contributed by atoms with Crippen LogP contribution < -0.4 is 20.1 Å². The molecule has 0 unspecified atom stereocenters. The first-order valence-corrected chi connectivity index (χ1v) is 15.9. The van der Waals surface area contributed by atoms with Crippen molar-refractivity contribution in [3.8, 4) is 17.6 Å². The summed E-state index contributed by atoms with van der Waals surface area (Å²) in [5.41, 5.74) is 1.94. The fraction of sp³-hybridized carbons (Fsp3) is 0.387. The Morgan fingerprint density at radius 3 is 2.53 bits per heavy atom. The number of sulfonamides is 1. The van der Waals surface area contributed by atoms with Crippen LogP contribution in [0.1, 0.15) is 31.4 Å². The van der Waals surface area contributed by atoms with Gasteiger partial charge in [0.05, 0.1) is 35.4 Å². The van der Waals surface area contributed by atoms with Crippen LogP contribution in [0.3, 0.4) is 0 Å². The van der Waals surface area contributed by atoms with Gasteiger partial charge in [0.2, 0.25) is 0 Å². The lowest BCUT2D eigenvalue weighted by Gasteiger charge is -2.33. The maximum absolute atomic E-state index is 13.6. The molecule has 2 aromatic heterocycles. The van der Waals surface area contributed by atoms with Gasteiger partial charge in [-0.1, -0.05) is 17.1 Å². The van der Waals surface area contributed by atoms with E-state index in [1.54, 1.807) is 18.2 Å². The van der Waals surface area contributed by atoms with Gasteiger partial charge in [0, 0.05) is 35.3 Å². The zero-order valence-electron chi connectivity index (χ0n) is 25.1. The summed E-state index contributed by atoms with van der Waals surface area (Å²) in [6.07, 6.45) is 0.880. The number of hydrogen-bond donors (Lipinski definition) is 3. The molecule has 14 heteroatoms. The van der Waals surface area contributed by atoms with Crippen LogP contribution in [0, 0.1) is 11.8 Å². The first-order chi connectivity index (χ1) is 21.4. The molecule has 1 aliphatic carbocycles. The number of rotatable bonds is 10. The zero-order chi connectivity index (χ0) is 32.2. The number of anilines is 3. The number of fused-ring (bicyclic) bond motifs is 1. The van der Waals surface area contributed by atoms with Gasteiger partial charge < -0.3 is 29.4 Å². The predicted octanol–water partition coefficient (Wildman–Crippen LogP) is 5.75. The molecule has 5 rings (SSSR count). The van der Waals surface area contributed by atoms with Crippen molar-refractivity contribution in [2.45, 2.75) is 55.4 Å². The van der Waals surface area contributed by atoms with Crippen molar-refractivity contribution in [3.63, 3.8) is 0 Å². The maximum atomic E-state index is 13.6. The van der Waals surface area contributed by atoms with E-state index in [0.717, 1.165) is 31.4 Å². The third kappa shape index (κ3) is 7.84. The fourth-order valence-corrected chi connectivity index (χ4v) is 6.55. The van der Waals surface area contributed by atoms with Crippen molar-refractivity contribution in [1.82, 2.24) is 14.6 Å². The van der Waals surface area contributed by atoms with Crippen molar-refractivity contribution in [3.05, 3.63) is 60.5 Å². The van der Waals surface area contributed by atoms with Crippen LogP contribution >= 0.6 is 0 Å². The second kappa shape index (κ2) is 13.3. The van der Waals surface area contributed by atoms with Crippen LogP contribution in [0.2, 0.25) is 0 Å². The molecule has 2 aromatic carbocycles. The number of nitrogens with zero attached hydrogens (tertiary/aromatic N) is 3. The maximum Gasteiger partial charge on any atom is 0.406 e. The molecule has 1 fully saturated rings. The molecule has 4 aromatic rings. The third-order valence-corrected chi connectivity index (χ3v) is 9.17. The molecular formula is C31H35F3N6O4S. The first kappa shape index (κ1) is 32.1. The molecule has 1 saturated carbocycles. The molecule has 0 aliphatic heterocycles. The quantitative estimate of drug-likeness (QED) is 0.187. The number of benzene rings is 2. The Labute approximate surface area is 259 Å². The van der Waals surface area contributed by atoms with Crippen LogP contribution in [0.25, 0.3) is 10.9 Å². The topological polar surface area (TPSA) is 114 Å². The lowest BCUT2D eigenvalue weighted by molar-refractivity contribution is -0.140. The fourth-order valence-electron chi connectivity index (χ4n) is 5.54. The van der Waals surface area contributed by atoms with E-state index in [9.17, 15) is 21.6 Å². The minimum Gasteiger partial charge on any atom is -0.495 e. The lowest BCUT2D eigenvalue weighted by Crippen LogP contribution is -2.36. The van der Waals surface area contributed by atoms with Gasteiger partial charge in [-0.3, -0.25) is 4.72 Å². The van der Waals surface area contributed by atoms with Crippen molar-refractivity contribution < 1.29 is 30.8 Å². The first-order valence-electron chi connectivity index (χ1n) is 14.4. The van der Waals surface area contributed by atoms with Gasteiger partial charge in [-0.15, -0.1) is 0 Å². The van der Waals surface area contributed by atoms with E-state index in [1.807, 2.05) is 6.07 Å². The highest BCUT2D eigenvalue weighted by molar-refractivity contribution is 7.92. The van der Waals surface area contributed by atoms with E-state index in [2.05, 4.69) is 55.9 Å². The Morgan fingerprint density at radius 1 is 1.09 bits per heavy atom. The Kier molecular flexibility index (Phi) is 9.50. The highest BCUT2D eigenvalue weighted by Gasteiger charge is 2.30. The SMILES string of the molecule is COc1cc(S(=O)(=O)Nc2ccon2)ccc1NCC#Cc1cc2c(NC3CCC(N(C)C)CC3)cccc2n1CC(F)(F)F. The van der Waals surface area contributed by atoms with Gasteiger partial charge in [0.1, 0.15) is 18.6 Å². The Hall–Kier alpha value is -4.35. The standard InChI is InChI=1S/C31H35F3N6O4S/c1-39(2)22-11-9-21(10-12-22)36-26-7-4-8-28-25(26)18-23(40(28)20-31(32,33)34)6-5-16-35-27-14-13-24(19-29(27)43-3)45(41,42)38-30-15-17-44-37-30/h4,7-8,13-15,17-19,21-22,35-36H,9-12,16,20H2,1-3H3,(H,37,38). The van der Waals surface area contributed by atoms with Crippen LogP contribution in [0.5, 0.6) is 5.75 Å². The van der Waals surface area contributed by atoms with Crippen molar-refractivity contribution in [1.29, 1.82) is 0 Å². The smallest absolute Gasteiger partial charge is 0.406 e. The van der Waals surface area contributed by atoms with Crippen molar-refractivity contribution in [2.75, 3.05) is 43.1 Å². The van der Waals surface area contributed by atoms with Crippen LogP contribution in [-0.2, 0) is 16.6 Å². The number of aromatic nitrogens is 2. The Balaban J connectivity index is 1.34. The summed E-state index contributed by atoms with van der Waals surface area (Å²) >= 11 is 0. The molecule has 0 saturated heterocycles. The summed E-state index contributed by atoms with van der Waals surface area (Å²) in [5.74, 6) is 6.07. The lowest BCUT2D eigenvalue weighted by atomic mass is 9.90. The molecule has 10 nitrogen and oxygen atoms in total. The van der Waals surface area contributed by atoms with E-state index in [4.69, 9.17) is 4.74 Å². The summed E-state index contributed by atoms with van der Waals surface area (Å²) < 4.78 is 79.8. The number of methoxy groups -OCH3 is 1. The molecular weight excluding hydrogens is 609 g/mol. The Bertz CT molecular complexity index is 1790. The molecule has 3 N–H and O–H groups in total. The number of nitrogens with one attached hydrogen (secondary N) is 3. The van der Waals surface area contributed by atoms with E-state index >= 15 is 0 Å². The third-order valence-electron chi connectivity index (χ3n) is 7.81. The predicted molar refractivity (Wildman–Crippen MR) is 167 cm³/mol.